The minimum Gasteiger partial charge on any atom is -0.491 e. The zero-order valence-corrected chi connectivity index (χ0v) is 16.7. The molecule has 5 heteroatoms. The average Bonchev–Trinajstić information content (AvgIpc) is 2.62. The van der Waals surface area contributed by atoms with Gasteiger partial charge in [0, 0.05) is 18.3 Å². The summed E-state index contributed by atoms with van der Waals surface area (Å²) in [6.45, 7) is 10.2. The highest BCUT2D eigenvalue weighted by Crippen LogP contribution is 2.28. The standard InChI is InChI=1S/C21H32N2O3/c1-6-17-9-7-8-14-23(17)20(25)21(4,5)19(24)22-16-10-12-18(13-11-16)26-15(2)3/h10-13,15,17H,6-9,14H2,1-5H3,(H,22,24). The predicted octanol–water partition coefficient (Wildman–Crippen LogP) is 4.23. The second kappa shape index (κ2) is 8.56. The minimum absolute atomic E-state index is 0.0821. The number of nitrogens with one attached hydrogen (secondary N) is 1. The number of carbonyl (C=O) groups is 2. The van der Waals surface area contributed by atoms with Crippen LogP contribution in [0, 0.1) is 5.41 Å². The summed E-state index contributed by atoms with van der Waals surface area (Å²) in [5, 5.41) is 2.87. The van der Waals surface area contributed by atoms with E-state index in [2.05, 4.69) is 12.2 Å². The first-order chi connectivity index (χ1) is 12.3. The maximum atomic E-state index is 13.0. The molecule has 0 saturated carbocycles. The van der Waals surface area contributed by atoms with Gasteiger partial charge in [0.2, 0.25) is 11.8 Å². The number of piperidine rings is 1. The van der Waals surface area contributed by atoms with Crippen molar-refractivity contribution in [1.29, 1.82) is 0 Å². The molecule has 0 bridgehead atoms. The van der Waals surface area contributed by atoms with Gasteiger partial charge in [-0.1, -0.05) is 6.92 Å². The fourth-order valence-corrected chi connectivity index (χ4v) is 3.32. The quantitative estimate of drug-likeness (QED) is 0.772. The largest absolute Gasteiger partial charge is 0.491 e. The van der Waals surface area contributed by atoms with Crippen molar-refractivity contribution in [3.63, 3.8) is 0 Å². The first kappa shape index (κ1) is 20.3. The number of hydrogen-bond acceptors (Lipinski definition) is 3. The Balaban J connectivity index is 2.05. The van der Waals surface area contributed by atoms with Crippen LogP contribution >= 0.6 is 0 Å². The third kappa shape index (κ3) is 4.77. The Kier molecular flexibility index (Phi) is 6.68. The Morgan fingerprint density at radius 2 is 1.88 bits per heavy atom. The highest BCUT2D eigenvalue weighted by molar-refractivity contribution is 6.09. The van der Waals surface area contributed by atoms with Crippen LogP contribution in [0.4, 0.5) is 5.69 Å². The van der Waals surface area contributed by atoms with E-state index in [-0.39, 0.29) is 24.0 Å². The molecule has 1 aliphatic heterocycles. The van der Waals surface area contributed by atoms with Crippen LogP contribution in [0.15, 0.2) is 24.3 Å². The van der Waals surface area contributed by atoms with Crippen molar-refractivity contribution in [3.05, 3.63) is 24.3 Å². The summed E-state index contributed by atoms with van der Waals surface area (Å²) < 4.78 is 5.61. The zero-order chi connectivity index (χ0) is 19.3. The maximum Gasteiger partial charge on any atom is 0.239 e. The molecule has 144 valence electrons. The van der Waals surface area contributed by atoms with Gasteiger partial charge in [0.25, 0.3) is 0 Å². The summed E-state index contributed by atoms with van der Waals surface area (Å²) >= 11 is 0. The zero-order valence-electron chi connectivity index (χ0n) is 16.7. The van der Waals surface area contributed by atoms with E-state index in [0.29, 0.717) is 5.69 Å². The summed E-state index contributed by atoms with van der Waals surface area (Å²) in [6, 6.07) is 7.48. The third-order valence-corrected chi connectivity index (χ3v) is 4.95. The van der Waals surface area contributed by atoms with Crippen LogP contribution in [-0.4, -0.2) is 35.4 Å². The molecule has 1 fully saturated rings. The van der Waals surface area contributed by atoms with Crippen molar-refractivity contribution in [2.75, 3.05) is 11.9 Å². The normalized spacial score (nSPS) is 17.9. The van der Waals surface area contributed by atoms with Crippen LogP contribution in [0.1, 0.15) is 60.3 Å². The van der Waals surface area contributed by atoms with Crippen molar-refractivity contribution in [2.24, 2.45) is 5.41 Å². The second-order valence-corrected chi connectivity index (χ2v) is 7.83. The monoisotopic (exact) mass is 360 g/mol. The number of amides is 2. The van der Waals surface area contributed by atoms with Crippen molar-refractivity contribution in [1.82, 2.24) is 4.90 Å². The van der Waals surface area contributed by atoms with Gasteiger partial charge in [0.05, 0.1) is 6.10 Å². The number of carbonyl (C=O) groups excluding carboxylic acids is 2. The molecule has 0 radical (unpaired) electrons. The molecular weight excluding hydrogens is 328 g/mol. The first-order valence-corrected chi connectivity index (χ1v) is 9.65. The fourth-order valence-electron chi connectivity index (χ4n) is 3.32. The second-order valence-electron chi connectivity index (χ2n) is 7.83. The molecule has 0 aromatic heterocycles. The highest BCUT2D eigenvalue weighted by atomic mass is 16.5. The number of benzene rings is 1. The molecule has 0 aliphatic carbocycles. The number of rotatable bonds is 6. The van der Waals surface area contributed by atoms with E-state index in [1.165, 1.54) is 0 Å². The number of anilines is 1. The molecule has 1 aliphatic rings. The molecule has 1 N–H and O–H groups in total. The molecule has 5 nitrogen and oxygen atoms in total. The lowest BCUT2D eigenvalue weighted by atomic mass is 9.87. The van der Waals surface area contributed by atoms with Crippen molar-refractivity contribution in [3.8, 4) is 5.75 Å². The van der Waals surface area contributed by atoms with Gasteiger partial charge in [-0.05, 0) is 77.6 Å². The summed E-state index contributed by atoms with van der Waals surface area (Å²) in [7, 11) is 0. The SMILES string of the molecule is CCC1CCCCN1C(=O)C(C)(C)C(=O)Nc1ccc(OC(C)C)cc1. The van der Waals surface area contributed by atoms with Crippen molar-refractivity contribution < 1.29 is 14.3 Å². The molecule has 1 saturated heterocycles. The van der Waals surface area contributed by atoms with Crippen LogP contribution in [0.3, 0.4) is 0 Å². The van der Waals surface area contributed by atoms with E-state index in [0.717, 1.165) is 38.0 Å². The van der Waals surface area contributed by atoms with E-state index in [4.69, 9.17) is 4.74 Å². The van der Waals surface area contributed by atoms with Crippen LogP contribution < -0.4 is 10.1 Å². The molecule has 1 aromatic rings. The van der Waals surface area contributed by atoms with Gasteiger partial charge in [-0.3, -0.25) is 9.59 Å². The smallest absolute Gasteiger partial charge is 0.239 e. The maximum absolute atomic E-state index is 13.0. The Bertz CT molecular complexity index is 623. The lowest BCUT2D eigenvalue weighted by Crippen LogP contribution is -2.52. The molecule has 2 amide bonds. The lowest BCUT2D eigenvalue weighted by Gasteiger charge is -2.39. The van der Waals surface area contributed by atoms with E-state index in [1.54, 1.807) is 26.0 Å². The van der Waals surface area contributed by atoms with Crippen LogP contribution in [-0.2, 0) is 9.59 Å². The summed E-state index contributed by atoms with van der Waals surface area (Å²) in [5.74, 6) is 0.397. The highest BCUT2D eigenvalue weighted by Gasteiger charge is 2.41. The molecule has 1 heterocycles. The van der Waals surface area contributed by atoms with Gasteiger partial charge >= 0.3 is 0 Å². The average molecular weight is 360 g/mol. The number of likely N-dealkylation sites (tertiary alicyclic amines) is 1. The van der Waals surface area contributed by atoms with Crippen molar-refractivity contribution >= 4 is 17.5 Å². The molecule has 1 aromatic carbocycles. The van der Waals surface area contributed by atoms with Crippen LogP contribution in [0.5, 0.6) is 5.75 Å². The Morgan fingerprint density at radius 1 is 1.23 bits per heavy atom. The number of nitrogens with zero attached hydrogens (tertiary/aromatic N) is 1. The predicted molar refractivity (Wildman–Crippen MR) is 104 cm³/mol. The van der Waals surface area contributed by atoms with Crippen LogP contribution in [0.2, 0.25) is 0 Å². The van der Waals surface area contributed by atoms with Gasteiger partial charge in [0.15, 0.2) is 0 Å². The molecule has 0 spiro atoms. The van der Waals surface area contributed by atoms with Gasteiger partial charge < -0.3 is 15.0 Å². The number of ether oxygens (including phenoxy) is 1. The Morgan fingerprint density at radius 3 is 2.46 bits per heavy atom. The van der Waals surface area contributed by atoms with Gasteiger partial charge in [-0.15, -0.1) is 0 Å². The summed E-state index contributed by atoms with van der Waals surface area (Å²) in [5.41, 5.74) is -0.435. The minimum atomic E-state index is -1.10. The molecular formula is C21H32N2O3. The summed E-state index contributed by atoms with van der Waals surface area (Å²) in [4.78, 5) is 27.7. The van der Waals surface area contributed by atoms with Gasteiger partial charge in [-0.25, -0.2) is 0 Å². The van der Waals surface area contributed by atoms with Crippen LogP contribution in [0.25, 0.3) is 0 Å². The van der Waals surface area contributed by atoms with Crippen molar-refractivity contribution in [2.45, 2.75) is 72.4 Å². The van der Waals surface area contributed by atoms with Gasteiger partial charge in [0.1, 0.15) is 11.2 Å². The third-order valence-electron chi connectivity index (χ3n) is 4.95. The molecule has 26 heavy (non-hydrogen) atoms. The Hall–Kier alpha value is -2.04. The van der Waals surface area contributed by atoms with Gasteiger partial charge in [-0.2, -0.15) is 0 Å². The van der Waals surface area contributed by atoms with E-state index in [1.807, 2.05) is 30.9 Å². The number of hydrogen-bond donors (Lipinski definition) is 1. The molecule has 2 rings (SSSR count). The first-order valence-electron chi connectivity index (χ1n) is 9.65. The lowest BCUT2D eigenvalue weighted by molar-refractivity contribution is -0.149. The topological polar surface area (TPSA) is 58.6 Å². The van der Waals surface area contributed by atoms with E-state index >= 15 is 0 Å². The molecule has 1 atom stereocenters. The fraction of sp³-hybridized carbons (Fsp3) is 0.619. The van der Waals surface area contributed by atoms with E-state index in [9.17, 15) is 9.59 Å². The Labute approximate surface area is 157 Å². The van der Waals surface area contributed by atoms with E-state index < -0.39 is 5.41 Å². The summed E-state index contributed by atoms with van der Waals surface area (Å²) in [6.07, 6.45) is 4.22. The molecule has 1 unspecified atom stereocenters.